The Balaban J connectivity index is 0.00000145. The van der Waals surface area contributed by atoms with E-state index in [1.165, 1.54) is 21.6 Å². The Kier molecular flexibility index (Phi) is 54.2. The number of likely N-dealkylation sites (N-methyl/N-ethyl adjacent to an activating group) is 4. The lowest BCUT2D eigenvalue weighted by Crippen LogP contribution is -2.54. The van der Waals surface area contributed by atoms with E-state index < -0.39 is 91.9 Å². The van der Waals surface area contributed by atoms with Crippen molar-refractivity contribution >= 4 is 71.6 Å². The molecule has 1 aromatic rings. The van der Waals surface area contributed by atoms with Gasteiger partial charge >= 0.3 is 65.8 Å². The van der Waals surface area contributed by atoms with Gasteiger partial charge in [-0.2, -0.15) is 9.59 Å². The van der Waals surface area contributed by atoms with Crippen molar-refractivity contribution in [1.29, 1.82) is 0 Å². The second-order valence-electron chi connectivity index (χ2n) is 29.7. The van der Waals surface area contributed by atoms with Crippen molar-refractivity contribution in [3.8, 4) is 0 Å². The molecule has 3 atom stereocenters. The molecular formula is C74H133N15O23. The quantitative estimate of drug-likeness (QED) is 0.0403. The van der Waals surface area contributed by atoms with Gasteiger partial charge in [0.1, 0.15) is 5.78 Å². The third-order valence-corrected chi connectivity index (χ3v) is 19.4. The summed E-state index contributed by atoms with van der Waals surface area (Å²) in [7, 11) is 2.11. The number of carbonyl (C=O) groups is 11. The topological polar surface area (TPSA) is 482 Å². The van der Waals surface area contributed by atoms with Crippen LogP contribution in [-0.4, -0.2) is 457 Å². The van der Waals surface area contributed by atoms with Gasteiger partial charge in [0.15, 0.2) is 0 Å². The van der Waals surface area contributed by atoms with Crippen molar-refractivity contribution in [2.24, 2.45) is 17.8 Å². The van der Waals surface area contributed by atoms with Gasteiger partial charge in [-0.1, -0.05) is 68.4 Å². The normalized spacial score (nSPS) is 18.7. The smallest absolute Gasteiger partial charge is 0.373 e. The molecule has 3 unspecified atom stereocenters. The first-order valence-corrected chi connectivity index (χ1v) is 38.3. The summed E-state index contributed by atoms with van der Waals surface area (Å²) in [4.78, 5) is 172. The molecule has 1 aromatic heterocycles. The van der Waals surface area contributed by atoms with Crippen LogP contribution in [0.15, 0.2) is 18.2 Å². The number of aromatic nitrogens is 1. The predicted molar refractivity (Wildman–Crippen MR) is 414 cm³/mol. The molecule has 4 heterocycles. The second kappa shape index (κ2) is 58.2. The Morgan fingerprint density at radius 3 is 1.11 bits per heavy atom. The Bertz CT molecular complexity index is 2940. The third-order valence-electron chi connectivity index (χ3n) is 19.4. The molecule has 4 rings (SSSR count). The summed E-state index contributed by atoms with van der Waals surface area (Å²) < 4.78 is 0. The monoisotopic (exact) mass is 1600 g/mol. The summed E-state index contributed by atoms with van der Waals surface area (Å²) in [6.07, 6.45) is 0.250. The lowest BCUT2D eigenvalue weighted by molar-refractivity contribution is -0.192. The molecule has 0 spiro atoms. The minimum absolute atomic E-state index is 0.0610. The van der Waals surface area contributed by atoms with Crippen molar-refractivity contribution in [2.45, 2.75) is 120 Å². The predicted octanol–water partition coefficient (Wildman–Crippen LogP) is -0.667. The van der Waals surface area contributed by atoms with Crippen molar-refractivity contribution in [1.82, 2.24) is 73.6 Å². The van der Waals surface area contributed by atoms with E-state index in [0.717, 1.165) is 89.9 Å². The number of carboxylic acid groups (broad SMARTS) is 10. The van der Waals surface area contributed by atoms with Gasteiger partial charge in [0.2, 0.25) is 0 Å². The fourth-order valence-electron chi connectivity index (χ4n) is 13.4. The number of carbonyl (C=O) groups excluding carboxylic acids is 3. The van der Waals surface area contributed by atoms with Crippen molar-refractivity contribution in [2.75, 3.05) is 236 Å². The average molecular weight is 1600 g/mol. The number of hydrogen-bond acceptors (Lipinski definition) is 28. The molecule has 112 heavy (non-hydrogen) atoms. The summed E-state index contributed by atoms with van der Waals surface area (Å²) >= 11 is 0. The molecule has 0 aliphatic carbocycles. The lowest BCUT2D eigenvalue weighted by atomic mass is 10.0. The SMILES string of the molecule is CC(=O)CN(CCN(CC(=O)O)CC(C(C)C)N(CC(=O)O)CC(=O)O)CC(=O)O.CCN1CCN(CC(=O)O)CC(C(C)C)N(C)Cc2cccc(n2)C1.CCN1CCN(CC(=O)O)CCN(C(C)C)CCN(CC(=O)O)CC1.CCN1CCN(CC(=O)O)CCN(CC(=O)O)C(C(C)C)CN(CC(=O)O)CC1.O=C=O. The zero-order valence-electron chi connectivity index (χ0n) is 68.4. The Labute approximate surface area is 660 Å². The first-order valence-electron chi connectivity index (χ1n) is 38.3. The van der Waals surface area contributed by atoms with Crippen LogP contribution in [0.2, 0.25) is 0 Å². The molecule has 10 N–H and O–H groups in total. The number of ketones is 1. The lowest BCUT2D eigenvalue weighted by Gasteiger charge is -2.39. The Morgan fingerprint density at radius 1 is 0.420 bits per heavy atom. The van der Waals surface area contributed by atoms with Crippen LogP contribution < -0.4 is 0 Å². The molecule has 0 radical (unpaired) electrons. The first kappa shape index (κ1) is 104. The van der Waals surface area contributed by atoms with Crippen molar-refractivity contribution in [3.05, 3.63) is 29.6 Å². The molecule has 2 bridgehead atoms. The van der Waals surface area contributed by atoms with E-state index in [1.807, 2.05) is 45.3 Å². The van der Waals surface area contributed by atoms with E-state index in [2.05, 4.69) is 96.2 Å². The van der Waals surface area contributed by atoms with Gasteiger partial charge < -0.3 is 60.9 Å². The van der Waals surface area contributed by atoms with Crippen LogP contribution in [-0.2, 0) is 75.4 Å². The molecule has 2 saturated heterocycles. The highest BCUT2D eigenvalue weighted by molar-refractivity contribution is 5.79. The maximum absolute atomic E-state index is 11.4. The summed E-state index contributed by atoms with van der Waals surface area (Å²) in [5.74, 6) is -9.66. The van der Waals surface area contributed by atoms with Gasteiger partial charge in [0.05, 0.1) is 83.4 Å². The van der Waals surface area contributed by atoms with Crippen LogP contribution in [0.5, 0.6) is 0 Å². The average Bonchev–Trinajstić information content (AvgIpc) is 0.863. The van der Waals surface area contributed by atoms with E-state index in [0.29, 0.717) is 90.0 Å². The molecule has 0 saturated carbocycles. The summed E-state index contributed by atoms with van der Waals surface area (Å²) in [6.45, 7) is 38.3. The largest absolute Gasteiger partial charge is 0.480 e. The van der Waals surface area contributed by atoms with Crippen LogP contribution in [0.4, 0.5) is 0 Å². The third kappa shape index (κ3) is 49.8. The second-order valence-corrected chi connectivity index (χ2v) is 29.7. The fraction of sp³-hybridized carbons (Fsp3) is 0.770. The Hall–Kier alpha value is -7.66. The number of carboxylic acids is 10. The van der Waals surface area contributed by atoms with Crippen LogP contribution in [0.25, 0.3) is 0 Å². The van der Waals surface area contributed by atoms with Crippen LogP contribution in [0, 0.1) is 17.8 Å². The van der Waals surface area contributed by atoms with Gasteiger partial charge in [-0.15, -0.1) is 0 Å². The summed E-state index contributed by atoms with van der Waals surface area (Å²) in [5.41, 5.74) is 2.16. The van der Waals surface area contributed by atoms with Crippen LogP contribution in [0.1, 0.15) is 94.5 Å². The molecule has 38 nitrogen and oxygen atoms in total. The highest BCUT2D eigenvalue weighted by Gasteiger charge is 2.32. The molecular weight excluding hydrogens is 1470 g/mol. The zero-order valence-corrected chi connectivity index (χ0v) is 68.4. The van der Waals surface area contributed by atoms with Gasteiger partial charge in [0.25, 0.3) is 0 Å². The van der Waals surface area contributed by atoms with Crippen molar-refractivity contribution < 1.29 is 113 Å². The molecule has 3 aliphatic rings. The van der Waals surface area contributed by atoms with Gasteiger partial charge in [0, 0.05) is 175 Å². The molecule has 3 aliphatic heterocycles. The molecule has 642 valence electrons. The number of hydrogen-bond donors (Lipinski definition) is 10. The molecule has 0 amide bonds. The van der Waals surface area contributed by atoms with Crippen LogP contribution >= 0.6 is 0 Å². The van der Waals surface area contributed by atoms with E-state index in [1.54, 1.807) is 13.8 Å². The number of Topliss-reactive ketones (excluding diaryl/α,β-unsaturated/α-hetero) is 1. The maximum atomic E-state index is 11.4. The maximum Gasteiger partial charge on any atom is 0.373 e. The molecule has 0 aromatic carbocycles. The highest BCUT2D eigenvalue weighted by atomic mass is 16.4. The van der Waals surface area contributed by atoms with Gasteiger partial charge in [-0.25, -0.2) is 0 Å². The van der Waals surface area contributed by atoms with Crippen molar-refractivity contribution in [3.63, 3.8) is 0 Å². The Morgan fingerprint density at radius 2 is 0.750 bits per heavy atom. The first-order chi connectivity index (χ1) is 52.5. The summed E-state index contributed by atoms with van der Waals surface area (Å²) in [5, 5.41) is 91.9. The standard InChI is InChI=1S/C19H36N4O6.C19H32N4O2.C18H31N3O9.C17H34N4O4.CO2/c1-4-20-5-7-21(12-17(24)25)9-10-23(14-19(28)29)16(15(2)3)11-22(8-6-20)13-18(26)27;1-5-22-9-10-23(14-19(24)25)13-18(15(2)3)21(4)11-16-7-6-8-17(12-22)20-16;1-12(2)14(21(10-17(27)28)11-18(29)30)7-20(9-16(25)26)5-4-19(6-13(3)22)8-15(23)24;1-4-18-5-7-19(13-16(22)23)9-11-21(15(2)3)12-10-20(8-6-18)14-17(24)25;2-1-3/h15-16H,4-14H2,1-3H3,(H,24,25)(H,26,27)(H,28,29);6-8,15,18H,5,9-14H2,1-4H3,(H,24,25);12,14H,4-11H2,1-3H3,(H,23,24)(H,25,26)(H,27,28)(H,29,30);15H,4-14H2,1-3H3,(H,22,23)(H,24,25);. The van der Waals surface area contributed by atoms with E-state index in [-0.39, 0.29) is 95.3 Å². The number of rotatable bonds is 35. The molecule has 2 fully saturated rings. The minimum atomic E-state index is -1.21. The van der Waals surface area contributed by atoms with E-state index >= 15 is 0 Å². The van der Waals surface area contributed by atoms with Crippen LogP contribution in [0.3, 0.4) is 0 Å². The number of fused-ring (bicyclic) bond motifs is 2. The number of nitrogens with zero attached hydrogens (tertiary/aromatic N) is 15. The molecule has 38 heteroatoms. The van der Waals surface area contributed by atoms with E-state index in [9.17, 15) is 78.3 Å². The fourth-order valence-corrected chi connectivity index (χ4v) is 13.4. The van der Waals surface area contributed by atoms with Gasteiger partial charge in [-0.3, -0.25) is 117 Å². The zero-order chi connectivity index (χ0) is 85.3. The van der Waals surface area contributed by atoms with E-state index in [4.69, 9.17) is 40.1 Å². The summed E-state index contributed by atoms with van der Waals surface area (Å²) in [6, 6.07) is 6.16. The minimum Gasteiger partial charge on any atom is -0.480 e. The number of aliphatic carboxylic acids is 10. The number of pyridine rings is 1. The highest BCUT2D eigenvalue weighted by Crippen LogP contribution is 2.19. The van der Waals surface area contributed by atoms with Gasteiger partial charge in [-0.05, 0) is 77.3 Å².